The summed E-state index contributed by atoms with van der Waals surface area (Å²) in [5, 5.41) is 13.4. The molecule has 1 aliphatic carbocycles. The van der Waals surface area contributed by atoms with E-state index < -0.39 is 17.8 Å². The summed E-state index contributed by atoms with van der Waals surface area (Å²) in [5.74, 6) is -0.919. The van der Waals surface area contributed by atoms with E-state index >= 15 is 0 Å². The number of ether oxygens (including phenoxy) is 1. The van der Waals surface area contributed by atoms with Gasteiger partial charge in [-0.1, -0.05) is 49.6 Å². The first-order chi connectivity index (χ1) is 20.0. The summed E-state index contributed by atoms with van der Waals surface area (Å²) in [7, 11) is 0. The number of nitrogens with one attached hydrogen (secondary N) is 1. The predicted molar refractivity (Wildman–Crippen MR) is 153 cm³/mol. The first-order valence-electron chi connectivity index (χ1n) is 14.1. The third-order valence-electron chi connectivity index (χ3n) is 7.39. The summed E-state index contributed by atoms with van der Waals surface area (Å²) < 4.78 is 25.7. The van der Waals surface area contributed by atoms with Crippen LogP contribution in [0.2, 0.25) is 0 Å². The van der Waals surface area contributed by atoms with E-state index in [9.17, 15) is 19.1 Å². The minimum Gasteiger partial charge on any atom is -0.492 e. The molecule has 41 heavy (non-hydrogen) atoms. The zero-order chi connectivity index (χ0) is 28.6. The van der Waals surface area contributed by atoms with Crippen molar-refractivity contribution < 1.29 is 28.2 Å². The topological polar surface area (TPSA) is 105 Å². The maximum Gasteiger partial charge on any atom is 0.327 e. The fourth-order valence-corrected chi connectivity index (χ4v) is 5.30. The maximum absolute atomic E-state index is 14.1. The summed E-state index contributed by atoms with van der Waals surface area (Å²) in [6.07, 6.45) is 4.43. The van der Waals surface area contributed by atoms with E-state index in [0.717, 1.165) is 35.9 Å². The minimum atomic E-state index is -1.17. The van der Waals surface area contributed by atoms with Gasteiger partial charge in [0.2, 0.25) is 11.8 Å². The van der Waals surface area contributed by atoms with E-state index in [2.05, 4.69) is 10.3 Å². The van der Waals surface area contributed by atoms with Gasteiger partial charge in [-0.2, -0.15) is 0 Å². The Bertz CT molecular complexity index is 1430. The number of hydrogen-bond donors (Lipinski definition) is 2. The van der Waals surface area contributed by atoms with E-state index in [1.165, 1.54) is 23.1 Å². The number of rotatable bonds is 12. The number of carbonyl (C=O) groups excluding carboxylic acids is 1. The van der Waals surface area contributed by atoms with Crippen LogP contribution >= 0.6 is 0 Å². The average Bonchev–Trinajstić information content (AvgIpc) is 3.41. The van der Waals surface area contributed by atoms with Gasteiger partial charge < -0.3 is 19.6 Å². The Morgan fingerprint density at radius 3 is 2.56 bits per heavy atom. The van der Waals surface area contributed by atoms with Crippen molar-refractivity contribution in [3.8, 4) is 5.75 Å². The Morgan fingerprint density at radius 1 is 1.05 bits per heavy atom. The number of anilines is 1. The fraction of sp³-hybridized carbons (Fsp3) is 0.344. The molecule has 0 saturated heterocycles. The maximum atomic E-state index is 14.1. The lowest BCUT2D eigenvalue weighted by atomic mass is 9.87. The van der Waals surface area contributed by atoms with Crippen molar-refractivity contribution in [2.75, 3.05) is 18.1 Å². The Kier molecular flexibility index (Phi) is 9.26. The quantitative estimate of drug-likeness (QED) is 0.213. The van der Waals surface area contributed by atoms with Crippen LogP contribution in [0.25, 0.3) is 11.1 Å². The number of halogens is 1. The summed E-state index contributed by atoms with van der Waals surface area (Å²) in [6, 6.07) is 19.2. The molecular formula is C32H34FN3O5. The molecule has 0 bridgehead atoms. The number of carboxylic acids is 1. The van der Waals surface area contributed by atoms with Crippen molar-refractivity contribution in [1.82, 2.24) is 10.3 Å². The summed E-state index contributed by atoms with van der Waals surface area (Å²) >= 11 is 0. The van der Waals surface area contributed by atoms with E-state index in [1.807, 2.05) is 24.3 Å². The Hall–Kier alpha value is -4.24. The minimum absolute atomic E-state index is 0.0800. The van der Waals surface area contributed by atoms with E-state index in [-0.39, 0.29) is 23.9 Å². The Morgan fingerprint density at radius 2 is 1.83 bits per heavy atom. The highest BCUT2D eigenvalue weighted by Crippen LogP contribution is 2.30. The zero-order valence-electron chi connectivity index (χ0n) is 22.8. The number of para-hydroxylation sites is 2. The summed E-state index contributed by atoms with van der Waals surface area (Å²) in [4.78, 5) is 31.8. The van der Waals surface area contributed by atoms with Gasteiger partial charge in [-0.3, -0.25) is 9.69 Å². The number of aliphatic carboxylic acids is 1. The molecule has 0 aliphatic heterocycles. The molecule has 1 unspecified atom stereocenters. The third kappa shape index (κ3) is 7.29. The van der Waals surface area contributed by atoms with Gasteiger partial charge in [0.05, 0.1) is 6.54 Å². The van der Waals surface area contributed by atoms with Crippen LogP contribution in [0.1, 0.15) is 43.6 Å². The van der Waals surface area contributed by atoms with Crippen molar-refractivity contribution in [3.05, 3.63) is 90.1 Å². The molecule has 2 N–H and O–H groups in total. The molecule has 1 heterocycles. The lowest BCUT2D eigenvalue weighted by Crippen LogP contribution is -2.49. The van der Waals surface area contributed by atoms with Crippen LogP contribution < -0.4 is 15.0 Å². The molecule has 3 aromatic carbocycles. The lowest BCUT2D eigenvalue weighted by molar-refractivity contribution is -0.140. The normalized spacial score (nSPS) is 14.6. The molecule has 214 valence electrons. The molecule has 1 aromatic heterocycles. The standard InChI is InChI=1S/C32H34FN3O5/c33-24-9-6-10-25(20-24)36(31(37)23-7-2-1-3-8-23)28(32(38)39)19-22-13-15-26(16-14-22)40-18-17-34-21-30-35-27-11-4-5-12-29(27)41-30/h4-6,9-16,20,23,28,34H,1-3,7-8,17-19,21H2,(H,38,39). The molecule has 1 aliphatic rings. The van der Waals surface area contributed by atoms with Crippen LogP contribution in [0.4, 0.5) is 10.1 Å². The van der Waals surface area contributed by atoms with Gasteiger partial charge in [0.25, 0.3) is 0 Å². The predicted octanol–water partition coefficient (Wildman–Crippen LogP) is 5.74. The average molecular weight is 560 g/mol. The molecule has 9 heteroatoms. The molecule has 0 radical (unpaired) electrons. The number of aromatic nitrogens is 1. The molecule has 5 rings (SSSR count). The van der Waals surface area contributed by atoms with Crippen LogP contribution in [0, 0.1) is 11.7 Å². The van der Waals surface area contributed by atoms with Gasteiger partial charge in [-0.15, -0.1) is 0 Å². The number of carboxylic acid groups (broad SMARTS) is 1. The molecule has 1 fully saturated rings. The highest BCUT2D eigenvalue weighted by atomic mass is 19.1. The number of carbonyl (C=O) groups is 2. The fourth-order valence-electron chi connectivity index (χ4n) is 5.30. The van der Waals surface area contributed by atoms with Gasteiger partial charge in [0.1, 0.15) is 29.7 Å². The van der Waals surface area contributed by atoms with E-state index in [1.54, 1.807) is 30.3 Å². The second-order valence-electron chi connectivity index (χ2n) is 10.3. The molecule has 1 saturated carbocycles. The Labute approximate surface area is 238 Å². The Balaban J connectivity index is 1.19. The highest BCUT2D eigenvalue weighted by Gasteiger charge is 2.35. The van der Waals surface area contributed by atoms with Crippen LogP contribution in [0.5, 0.6) is 5.75 Å². The number of benzene rings is 3. The zero-order valence-corrected chi connectivity index (χ0v) is 22.8. The van der Waals surface area contributed by atoms with Gasteiger partial charge >= 0.3 is 5.97 Å². The van der Waals surface area contributed by atoms with Crippen molar-refractivity contribution in [3.63, 3.8) is 0 Å². The number of amides is 1. The molecule has 8 nitrogen and oxygen atoms in total. The molecule has 1 amide bonds. The number of oxazole rings is 1. The number of hydrogen-bond acceptors (Lipinski definition) is 6. The van der Waals surface area contributed by atoms with Crippen molar-refractivity contribution in [2.45, 2.75) is 51.1 Å². The van der Waals surface area contributed by atoms with Crippen LogP contribution in [0.3, 0.4) is 0 Å². The van der Waals surface area contributed by atoms with Crippen molar-refractivity contribution in [2.24, 2.45) is 5.92 Å². The van der Waals surface area contributed by atoms with Gasteiger partial charge in [-0.25, -0.2) is 14.2 Å². The summed E-state index contributed by atoms with van der Waals surface area (Å²) in [5.41, 5.74) is 2.57. The highest BCUT2D eigenvalue weighted by molar-refractivity contribution is 6.00. The lowest BCUT2D eigenvalue weighted by Gasteiger charge is -2.33. The molecule has 0 spiro atoms. The number of nitrogens with zero attached hydrogens (tertiary/aromatic N) is 2. The third-order valence-corrected chi connectivity index (χ3v) is 7.39. The van der Waals surface area contributed by atoms with E-state index in [0.29, 0.717) is 44.2 Å². The molecular weight excluding hydrogens is 525 g/mol. The van der Waals surface area contributed by atoms with Crippen molar-refractivity contribution in [1.29, 1.82) is 0 Å². The second kappa shape index (κ2) is 13.4. The first-order valence-corrected chi connectivity index (χ1v) is 14.1. The van der Waals surface area contributed by atoms with Gasteiger partial charge in [0, 0.05) is 24.6 Å². The first kappa shape index (κ1) is 28.3. The van der Waals surface area contributed by atoms with Gasteiger partial charge in [0.15, 0.2) is 5.58 Å². The van der Waals surface area contributed by atoms with Crippen LogP contribution in [0.15, 0.2) is 77.2 Å². The molecule has 1 atom stereocenters. The van der Waals surface area contributed by atoms with Crippen LogP contribution in [-0.2, 0) is 22.6 Å². The smallest absolute Gasteiger partial charge is 0.327 e. The van der Waals surface area contributed by atoms with Crippen LogP contribution in [-0.4, -0.2) is 41.2 Å². The largest absolute Gasteiger partial charge is 0.492 e. The van der Waals surface area contributed by atoms with E-state index in [4.69, 9.17) is 9.15 Å². The summed E-state index contributed by atoms with van der Waals surface area (Å²) in [6.45, 7) is 1.48. The van der Waals surface area contributed by atoms with Gasteiger partial charge in [-0.05, 0) is 60.9 Å². The number of fused-ring (bicyclic) bond motifs is 1. The van der Waals surface area contributed by atoms with Crippen molar-refractivity contribution >= 4 is 28.7 Å². The second-order valence-corrected chi connectivity index (χ2v) is 10.3. The SMILES string of the molecule is O=C(O)C(Cc1ccc(OCCNCc2nc3ccccc3o2)cc1)N(C(=O)C1CCCCC1)c1cccc(F)c1. The molecule has 4 aromatic rings. The monoisotopic (exact) mass is 559 g/mol.